The van der Waals surface area contributed by atoms with Gasteiger partial charge in [0.05, 0.1) is 19.3 Å². The molecule has 1 aliphatic heterocycles. The molecule has 0 aromatic heterocycles. The minimum Gasteiger partial charge on any atom is -0.493 e. The Bertz CT molecular complexity index is 606. The molecule has 0 atom stereocenters. The van der Waals surface area contributed by atoms with E-state index in [9.17, 15) is 9.59 Å². The number of methoxy groups -OCH3 is 1. The third-order valence-electron chi connectivity index (χ3n) is 4.25. The van der Waals surface area contributed by atoms with Gasteiger partial charge < -0.3 is 25.0 Å². The number of benzene rings is 1. The Balaban J connectivity index is 2.18. The fourth-order valence-corrected chi connectivity index (χ4v) is 2.86. The van der Waals surface area contributed by atoms with E-state index >= 15 is 0 Å². The topological polar surface area (TPSA) is 85.1 Å². The molecule has 1 fully saturated rings. The summed E-state index contributed by atoms with van der Waals surface area (Å²) in [6, 6.07) is 5.30. The molecule has 7 nitrogen and oxygen atoms in total. The van der Waals surface area contributed by atoms with Crippen molar-refractivity contribution in [2.75, 3.05) is 46.4 Å². The zero-order valence-corrected chi connectivity index (χ0v) is 15.0. The number of carbonyl (C=O) groups is 2. The van der Waals surface area contributed by atoms with Gasteiger partial charge in [0.15, 0.2) is 11.5 Å². The van der Waals surface area contributed by atoms with Gasteiger partial charge in [0.25, 0.3) is 5.91 Å². The predicted octanol–water partition coefficient (Wildman–Crippen LogP) is 1.12. The molecule has 138 valence electrons. The minimum absolute atomic E-state index is 0.0430. The van der Waals surface area contributed by atoms with Gasteiger partial charge in [-0.15, -0.1) is 0 Å². The molecule has 1 aliphatic rings. The lowest BCUT2D eigenvalue weighted by atomic mass is 10.1. The number of amides is 2. The van der Waals surface area contributed by atoms with E-state index in [1.165, 1.54) is 0 Å². The lowest BCUT2D eigenvalue weighted by molar-refractivity contribution is -0.128. The number of nitrogens with two attached hydrogens (primary N) is 1. The van der Waals surface area contributed by atoms with Crippen LogP contribution in [-0.2, 0) is 4.79 Å². The van der Waals surface area contributed by atoms with Crippen molar-refractivity contribution in [3.63, 3.8) is 0 Å². The average molecular weight is 349 g/mol. The molecule has 0 unspecified atom stereocenters. The highest BCUT2D eigenvalue weighted by atomic mass is 16.5. The maximum atomic E-state index is 13.0. The Kier molecular flexibility index (Phi) is 7.06. The second kappa shape index (κ2) is 9.27. The molecule has 0 bridgehead atoms. The van der Waals surface area contributed by atoms with Gasteiger partial charge in [-0.25, -0.2) is 0 Å². The zero-order chi connectivity index (χ0) is 18.2. The van der Waals surface area contributed by atoms with Gasteiger partial charge in [-0.05, 0) is 31.5 Å². The summed E-state index contributed by atoms with van der Waals surface area (Å²) in [5.41, 5.74) is 5.99. The summed E-state index contributed by atoms with van der Waals surface area (Å²) < 4.78 is 11.1. The Morgan fingerprint density at radius 3 is 2.56 bits per heavy atom. The molecule has 1 aromatic carbocycles. The highest BCUT2D eigenvalue weighted by molar-refractivity contribution is 5.98. The molecule has 1 heterocycles. The van der Waals surface area contributed by atoms with Crippen LogP contribution in [0.4, 0.5) is 0 Å². The fourth-order valence-electron chi connectivity index (χ4n) is 2.86. The third kappa shape index (κ3) is 4.85. The number of rotatable bonds is 6. The van der Waals surface area contributed by atoms with Crippen LogP contribution < -0.4 is 15.2 Å². The third-order valence-corrected chi connectivity index (χ3v) is 4.25. The monoisotopic (exact) mass is 349 g/mol. The Morgan fingerprint density at radius 2 is 1.88 bits per heavy atom. The smallest absolute Gasteiger partial charge is 0.257 e. The van der Waals surface area contributed by atoms with Crippen LogP contribution in [0.5, 0.6) is 11.5 Å². The van der Waals surface area contributed by atoms with Crippen LogP contribution in [-0.4, -0.2) is 68.1 Å². The average Bonchev–Trinajstić information content (AvgIpc) is 2.87. The Labute approximate surface area is 148 Å². The second-order valence-electron chi connectivity index (χ2n) is 5.98. The van der Waals surface area contributed by atoms with E-state index in [1.807, 2.05) is 0 Å². The maximum absolute atomic E-state index is 13.0. The number of carbonyl (C=O) groups excluding carboxylic acids is 2. The lowest BCUT2D eigenvalue weighted by Gasteiger charge is -2.23. The minimum atomic E-state index is -0.105. The summed E-state index contributed by atoms with van der Waals surface area (Å²) in [4.78, 5) is 28.1. The Morgan fingerprint density at radius 1 is 1.16 bits per heavy atom. The standard InChI is InChI=1S/C18H27N3O4/c1-14(22)20-9-5-10-21(12-11-20)18(23)15-6-3-7-16(24-2)17(15)25-13-4-8-19/h3,6-7H,4-5,8-13,19H2,1-2H3. The van der Waals surface area contributed by atoms with E-state index in [0.717, 1.165) is 6.42 Å². The first-order chi connectivity index (χ1) is 12.1. The number of hydrogen-bond donors (Lipinski definition) is 1. The molecule has 2 rings (SSSR count). The van der Waals surface area contributed by atoms with Crippen LogP contribution in [0.15, 0.2) is 18.2 Å². The fraction of sp³-hybridized carbons (Fsp3) is 0.556. The highest BCUT2D eigenvalue weighted by Gasteiger charge is 2.25. The van der Waals surface area contributed by atoms with Crippen LogP contribution in [0.25, 0.3) is 0 Å². The molecule has 0 spiro atoms. The molecule has 2 amide bonds. The first-order valence-corrected chi connectivity index (χ1v) is 8.63. The number of hydrogen-bond acceptors (Lipinski definition) is 5. The normalized spacial score (nSPS) is 14.8. The summed E-state index contributed by atoms with van der Waals surface area (Å²) in [6.07, 6.45) is 1.46. The number of nitrogens with zero attached hydrogens (tertiary/aromatic N) is 2. The van der Waals surface area contributed by atoms with Crippen molar-refractivity contribution >= 4 is 11.8 Å². The van der Waals surface area contributed by atoms with Crippen LogP contribution in [0, 0.1) is 0 Å². The first-order valence-electron chi connectivity index (χ1n) is 8.63. The molecule has 1 aromatic rings. The van der Waals surface area contributed by atoms with E-state index in [4.69, 9.17) is 15.2 Å². The molecule has 0 saturated carbocycles. The van der Waals surface area contributed by atoms with Gasteiger partial charge in [0, 0.05) is 33.1 Å². The summed E-state index contributed by atoms with van der Waals surface area (Å²) >= 11 is 0. The highest BCUT2D eigenvalue weighted by Crippen LogP contribution is 2.32. The van der Waals surface area contributed by atoms with Crippen molar-refractivity contribution in [3.8, 4) is 11.5 Å². The number of para-hydroxylation sites is 1. The van der Waals surface area contributed by atoms with Gasteiger partial charge in [-0.1, -0.05) is 6.07 Å². The maximum Gasteiger partial charge on any atom is 0.257 e. The van der Waals surface area contributed by atoms with Crippen molar-refractivity contribution < 1.29 is 19.1 Å². The molecule has 2 N–H and O–H groups in total. The van der Waals surface area contributed by atoms with Crippen molar-refractivity contribution in [1.82, 2.24) is 9.80 Å². The lowest BCUT2D eigenvalue weighted by Crippen LogP contribution is -2.36. The van der Waals surface area contributed by atoms with Gasteiger partial charge in [-0.3, -0.25) is 9.59 Å². The summed E-state index contributed by atoms with van der Waals surface area (Å²) in [5, 5.41) is 0. The molecule has 0 radical (unpaired) electrons. The molecular weight excluding hydrogens is 322 g/mol. The molecule has 0 aliphatic carbocycles. The van der Waals surface area contributed by atoms with Crippen LogP contribution in [0.2, 0.25) is 0 Å². The van der Waals surface area contributed by atoms with E-state index in [1.54, 1.807) is 42.0 Å². The van der Waals surface area contributed by atoms with Gasteiger partial charge in [0.1, 0.15) is 0 Å². The van der Waals surface area contributed by atoms with E-state index in [-0.39, 0.29) is 11.8 Å². The molecule has 25 heavy (non-hydrogen) atoms. The van der Waals surface area contributed by atoms with Crippen molar-refractivity contribution in [1.29, 1.82) is 0 Å². The quantitative estimate of drug-likeness (QED) is 0.778. The SMILES string of the molecule is COc1cccc(C(=O)N2CCCN(C(C)=O)CC2)c1OCCCN. The summed E-state index contributed by atoms with van der Waals surface area (Å²) in [6.45, 7) is 4.86. The molecular formula is C18H27N3O4. The van der Waals surface area contributed by atoms with E-state index in [2.05, 4.69) is 0 Å². The molecule has 7 heteroatoms. The van der Waals surface area contributed by atoms with Gasteiger partial charge >= 0.3 is 0 Å². The van der Waals surface area contributed by atoms with E-state index in [0.29, 0.717) is 62.8 Å². The van der Waals surface area contributed by atoms with Gasteiger partial charge in [-0.2, -0.15) is 0 Å². The van der Waals surface area contributed by atoms with Crippen LogP contribution in [0.1, 0.15) is 30.1 Å². The summed E-state index contributed by atoms with van der Waals surface area (Å²) in [5.74, 6) is 0.924. The molecule has 1 saturated heterocycles. The van der Waals surface area contributed by atoms with Crippen LogP contribution in [0.3, 0.4) is 0 Å². The largest absolute Gasteiger partial charge is 0.493 e. The van der Waals surface area contributed by atoms with Crippen molar-refractivity contribution in [3.05, 3.63) is 23.8 Å². The first kappa shape index (κ1) is 19.1. The van der Waals surface area contributed by atoms with Gasteiger partial charge in [0.2, 0.25) is 5.91 Å². The van der Waals surface area contributed by atoms with E-state index < -0.39 is 0 Å². The van der Waals surface area contributed by atoms with Crippen molar-refractivity contribution in [2.24, 2.45) is 5.73 Å². The zero-order valence-electron chi connectivity index (χ0n) is 15.0. The second-order valence-corrected chi connectivity index (χ2v) is 5.98. The summed E-state index contributed by atoms with van der Waals surface area (Å²) in [7, 11) is 1.55. The Hall–Kier alpha value is -2.28. The van der Waals surface area contributed by atoms with Crippen molar-refractivity contribution in [2.45, 2.75) is 19.8 Å². The van der Waals surface area contributed by atoms with Crippen LogP contribution >= 0.6 is 0 Å². The predicted molar refractivity (Wildman–Crippen MR) is 94.9 cm³/mol. The number of ether oxygens (including phenoxy) is 2.